The molecule has 1 atom stereocenters. The molecule has 5 rings (SSSR count). The molecule has 1 aliphatic rings. The van der Waals surface area contributed by atoms with Crippen LogP contribution in [0.5, 0.6) is 0 Å². The number of furan rings is 1. The van der Waals surface area contributed by atoms with Crippen LogP contribution in [0.2, 0.25) is 0 Å². The third-order valence-electron chi connectivity index (χ3n) is 5.30. The molecule has 6 heteroatoms. The van der Waals surface area contributed by atoms with E-state index >= 15 is 0 Å². The molecule has 1 saturated carbocycles. The molecule has 1 amide bonds. The van der Waals surface area contributed by atoms with Gasteiger partial charge in [-0.2, -0.15) is 5.10 Å². The number of nitrogens with zero attached hydrogens (tertiary/aromatic N) is 3. The number of fused-ring (bicyclic) bond motifs is 1. The summed E-state index contributed by atoms with van der Waals surface area (Å²) in [4.78, 5) is 17.2. The number of hydrogen-bond donors (Lipinski definition) is 0. The van der Waals surface area contributed by atoms with Gasteiger partial charge in [-0.3, -0.25) is 4.79 Å². The lowest BCUT2D eigenvalue weighted by Crippen LogP contribution is -2.35. The standard InChI is InChI=1S/C22H21N3O2S/c1-14-18-13-20(28-22(18)25(23-14)17-7-4-3-5-8-17)21(26)24(16-10-11-16)15(2)19-9-6-12-27-19/h3-9,12-13,15-16H,10-11H2,1-2H3. The summed E-state index contributed by atoms with van der Waals surface area (Å²) in [6.45, 7) is 4.03. The van der Waals surface area contributed by atoms with Gasteiger partial charge in [0, 0.05) is 11.4 Å². The molecule has 0 radical (unpaired) electrons. The molecule has 0 spiro atoms. The van der Waals surface area contributed by atoms with Crippen LogP contribution in [0.3, 0.4) is 0 Å². The van der Waals surface area contributed by atoms with Gasteiger partial charge in [0.1, 0.15) is 10.6 Å². The maximum absolute atomic E-state index is 13.5. The molecule has 0 N–H and O–H groups in total. The lowest BCUT2D eigenvalue weighted by Gasteiger charge is -2.27. The topological polar surface area (TPSA) is 51.3 Å². The fourth-order valence-electron chi connectivity index (χ4n) is 3.70. The maximum Gasteiger partial charge on any atom is 0.264 e. The molecule has 1 aromatic carbocycles. The number of aromatic nitrogens is 2. The first-order valence-corrected chi connectivity index (χ1v) is 10.4. The predicted molar refractivity (Wildman–Crippen MR) is 110 cm³/mol. The Labute approximate surface area is 167 Å². The highest BCUT2D eigenvalue weighted by Gasteiger charge is 2.38. The number of amides is 1. The largest absolute Gasteiger partial charge is 0.467 e. The first-order valence-electron chi connectivity index (χ1n) is 9.54. The molecule has 1 unspecified atom stereocenters. The molecule has 3 heterocycles. The van der Waals surface area contributed by atoms with Gasteiger partial charge in [-0.05, 0) is 57.0 Å². The number of benzene rings is 1. The Kier molecular flexibility index (Phi) is 4.09. The monoisotopic (exact) mass is 391 g/mol. The van der Waals surface area contributed by atoms with Crippen molar-refractivity contribution in [3.8, 4) is 5.69 Å². The van der Waals surface area contributed by atoms with E-state index in [2.05, 4.69) is 5.10 Å². The van der Waals surface area contributed by atoms with Gasteiger partial charge in [0.15, 0.2) is 0 Å². The van der Waals surface area contributed by atoms with Crippen molar-refractivity contribution in [2.75, 3.05) is 0 Å². The average molecular weight is 391 g/mol. The summed E-state index contributed by atoms with van der Waals surface area (Å²) >= 11 is 1.51. The van der Waals surface area contributed by atoms with E-state index in [4.69, 9.17) is 4.42 Å². The van der Waals surface area contributed by atoms with Crippen LogP contribution < -0.4 is 0 Å². The molecular weight excluding hydrogens is 370 g/mol. The van der Waals surface area contributed by atoms with E-state index < -0.39 is 0 Å². The molecule has 28 heavy (non-hydrogen) atoms. The minimum Gasteiger partial charge on any atom is -0.467 e. The van der Waals surface area contributed by atoms with Gasteiger partial charge < -0.3 is 9.32 Å². The minimum absolute atomic E-state index is 0.0756. The van der Waals surface area contributed by atoms with Gasteiger partial charge in [-0.15, -0.1) is 11.3 Å². The number of para-hydroxylation sites is 1. The second-order valence-electron chi connectivity index (χ2n) is 7.30. The van der Waals surface area contributed by atoms with Crippen LogP contribution in [0, 0.1) is 6.92 Å². The van der Waals surface area contributed by atoms with Gasteiger partial charge in [0.2, 0.25) is 0 Å². The van der Waals surface area contributed by atoms with Crippen molar-refractivity contribution in [1.29, 1.82) is 0 Å². The summed E-state index contributed by atoms with van der Waals surface area (Å²) in [5, 5.41) is 5.72. The Balaban J connectivity index is 1.54. The van der Waals surface area contributed by atoms with Crippen LogP contribution in [-0.4, -0.2) is 26.6 Å². The molecule has 0 bridgehead atoms. The van der Waals surface area contributed by atoms with Crippen LogP contribution in [-0.2, 0) is 0 Å². The third-order valence-corrected chi connectivity index (χ3v) is 6.40. The van der Waals surface area contributed by atoms with Crippen molar-refractivity contribution < 1.29 is 9.21 Å². The van der Waals surface area contributed by atoms with Crippen LogP contribution >= 0.6 is 11.3 Å². The van der Waals surface area contributed by atoms with Crippen molar-refractivity contribution in [3.63, 3.8) is 0 Å². The van der Waals surface area contributed by atoms with Crippen LogP contribution in [0.25, 0.3) is 15.9 Å². The van der Waals surface area contributed by atoms with Gasteiger partial charge >= 0.3 is 0 Å². The Morgan fingerprint density at radius 2 is 2.04 bits per heavy atom. The second-order valence-corrected chi connectivity index (χ2v) is 8.33. The summed E-state index contributed by atoms with van der Waals surface area (Å²) in [5.41, 5.74) is 1.94. The highest BCUT2D eigenvalue weighted by Crippen LogP contribution is 2.38. The Bertz CT molecular complexity index is 1120. The lowest BCUT2D eigenvalue weighted by atomic mass is 10.2. The minimum atomic E-state index is -0.0769. The zero-order valence-corrected chi connectivity index (χ0v) is 16.6. The zero-order valence-electron chi connectivity index (χ0n) is 15.8. The number of hydrogen-bond acceptors (Lipinski definition) is 4. The number of rotatable bonds is 5. The smallest absolute Gasteiger partial charge is 0.264 e. The Hall–Kier alpha value is -2.86. The first-order chi connectivity index (χ1) is 13.6. The lowest BCUT2D eigenvalue weighted by molar-refractivity contribution is 0.0658. The highest BCUT2D eigenvalue weighted by atomic mass is 32.1. The molecule has 0 aliphatic heterocycles. The molecular formula is C22H21N3O2S. The zero-order chi connectivity index (χ0) is 19.3. The van der Waals surface area contributed by atoms with Crippen molar-refractivity contribution in [2.24, 2.45) is 0 Å². The maximum atomic E-state index is 13.5. The van der Waals surface area contributed by atoms with E-state index in [-0.39, 0.29) is 11.9 Å². The summed E-state index contributed by atoms with van der Waals surface area (Å²) in [6, 6.07) is 16.1. The Morgan fingerprint density at radius 3 is 2.71 bits per heavy atom. The summed E-state index contributed by atoms with van der Waals surface area (Å²) in [7, 11) is 0. The summed E-state index contributed by atoms with van der Waals surface area (Å²) < 4.78 is 7.51. The van der Waals surface area contributed by atoms with Crippen molar-refractivity contribution in [3.05, 3.63) is 71.1 Å². The van der Waals surface area contributed by atoms with Crippen molar-refractivity contribution in [1.82, 2.24) is 14.7 Å². The molecule has 1 aliphatic carbocycles. The van der Waals surface area contributed by atoms with Crippen LogP contribution in [0.1, 0.15) is 46.9 Å². The van der Waals surface area contributed by atoms with E-state index in [1.165, 1.54) is 11.3 Å². The SMILES string of the molecule is Cc1nn(-c2ccccc2)c2sc(C(=O)N(C3CC3)C(C)c3ccco3)cc12. The molecule has 5 nitrogen and oxygen atoms in total. The number of carbonyl (C=O) groups is 1. The van der Waals surface area contributed by atoms with Crippen LogP contribution in [0.4, 0.5) is 0 Å². The number of carbonyl (C=O) groups excluding carboxylic acids is 1. The normalized spacial score (nSPS) is 15.1. The summed E-state index contributed by atoms with van der Waals surface area (Å²) in [6.07, 6.45) is 3.77. The predicted octanol–water partition coefficient (Wildman–Crippen LogP) is 5.35. The van der Waals surface area contributed by atoms with Gasteiger partial charge in [-0.1, -0.05) is 18.2 Å². The van der Waals surface area contributed by atoms with Gasteiger partial charge in [-0.25, -0.2) is 4.68 Å². The van der Waals surface area contributed by atoms with E-state index in [0.29, 0.717) is 6.04 Å². The van der Waals surface area contributed by atoms with E-state index in [0.717, 1.165) is 45.1 Å². The fraction of sp³-hybridized carbons (Fsp3) is 0.273. The quantitative estimate of drug-likeness (QED) is 0.460. The van der Waals surface area contributed by atoms with Gasteiger partial charge in [0.25, 0.3) is 5.91 Å². The first kappa shape index (κ1) is 17.3. The molecule has 0 saturated heterocycles. The van der Waals surface area contributed by atoms with Crippen LogP contribution in [0.15, 0.2) is 59.2 Å². The fourth-order valence-corrected chi connectivity index (χ4v) is 4.83. The number of thiophene rings is 1. The molecule has 1 fully saturated rings. The average Bonchev–Trinajstić information content (AvgIpc) is 3.12. The third kappa shape index (κ3) is 2.85. The van der Waals surface area contributed by atoms with E-state index in [1.807, 2.05) is 72.0 Å². The highest BCUT2D eigenvalue weighted by molar-refractivity contribution is 7.20. The van der Waals surface area contributed by atoms with E-state index in [1.54, 1.807) is 6.26 Å². The van der Waals surface area contributed by atoms with Crippen molar-refractivity contribution >= 4 is 27.5 Å². The molecule has 4 aromatic rings. The summed E-state index contributed by atoms with van der Waals surface area (Å²) in [5.74, 6) is 0.902. The number of aryl methyl sites for hydroxylation is 1. The Morgan fingerprint density at radius 1 is 1.25 bits per heavy atom. The van der Waals surface area contributed by atoms with Crippen molar-refractivity contribution in [2.45, 2.75) is 38.8 Å². The van der Waals surface area contributed by atoms with Gasteiger partial charge in [0.05, 0.1) is 28.6 Å². The van der Waals surface area contributed by atoms with E-state index in [9.17, 15) is 4.79 Å². The molecule has 142 valence electrons. The second kappa shape index (κ2) is 6.63. The molecule has 3 aromatic heterocycles.